The molecular formula is C17H23NO4. The Morgan fingerprint density at radius 2 is 2.05 bits per heavy atom. The fourth-order valence-electron chi connectivity index (χ4n) is 3.15. The average Bonchev–Trinajstić information content (AvgIpc) is 3.02. The molecular weight excluding hydrogens is 282 g/mol. The van der Waals surface area contributed by atoms with Gasteiger partial charge in [0.2, 0.25) is 0 Å². The zero-order valence-corrected chi connectivity index (χ0v) is 13.0. The molecule has 0 saturated carbocycles. The van der Waals surface area contributed by atoms with Crippen molar-refractivity contribution in [1.29, 1.82) is 0 Å². The molecule has 2 fully saturated rings. The Bertz CT molecular complexity index is 499. The standard InChI is InChI=1S/C17H23NO4/c1-17(21-10-11-22-17)14-6-5-9-18(12-14)16(19)13-20-15-7-3-2-4-8-15/h2-4,7-8,14H,5-6,9-13H2,1H3/t14-/m1/s1. The van der Waals surface area contributed by atoms with Crippen molar-refractivity contribution in [3.05, 3.63) is 30.3 Å². The molecule has 1 atom stereocenters. The molecule has 0 N–H and O–H groups in total. The monoisotopic (exact) mass is 305 g/mol. The number of ether oxygens (including phenoxy) is 3. The summed E-state index contributed by atoms with van der Waals surface area (Å²) in [6.07, 6.45) is 2.00. The zero-order valence-electron chi connectivity index (χ0n) is 13.0. The molecule has 5 nitrogen and oxygen atoms in total. The van der Waals surface area contributed by atoms with E-state index in [2.05, 4.69) is 0 Å². The van der Waals surface area contributed by atoms with Gasteiger partial charge < -0.3 is 19.1 Å². The van der Waals surface area contributed by atoms with Crippen LogP contribution in [0, 0.1) is 5.92 Å². The van der Waals surface area contributed by atoms with Gasteiger partial charge in [-0.2, -0.15) is 0 Å². The molecule has 1 aromatic rings. The normalized spacial score (nSPS) is 24.2. The largest absolute Gasteiger partial charge is 0.484 e. The fraction of sp³-hybridized carbons (Fsp3) is 0.588. The van der Waals surface area contributed by atoms with Crippen molar-refractivity contribution in [3.8, 4) is 5.75 Å². The molecule has 120 valence electrons. The van der Waals surface area contributed by atoms with Crippen molar-refractivity contribution in [3.63, 3.8) is 0 Å². The number of benzene rings is 1. The maximum atomic E-state index is 12.4. The second-order valence-corrected chi connectivity index (χ2v) is 5.99. The summed E-state index contributed by atoms with van der Waals surface area (Å²) < 4.78 is 17.0. The van der Waals surface area contributed by atoms with Crippen LogP contribution in [0.4, 0.5) is 0 Å². The number of piperidine rings is 1. The van der Waals surface area contributed by atoms with Crippen molar-refractivity contribution in [2.24, 2.45) is 5.92 Å². The minimum atomic E-state index is -0.542. The predicted octanol–water partition coefficient (Wildman–Crippen LogP) is 2.07. The van der Waals surface area contributed by atoms with Crippen LogP contribution in [0.5, 0.6) is 5.75 Å². The number of hydrogen-bond acceptors (Lipinski definition) is 4. The van der Waals surface area contributed by atoms with Gasteiger partial charge >= 0.3 is 0 Å². The predicted molar refractivity (Wildman–Crippen MR) is 81.6 cm³/mol. The van der Waals surface area contributed by atoms with Gasteiger partial charge in [-0.25, -0.2) is 0 Å². The van der Waals surface area contributed by atoms with E-state index in [1.165, 1.54) is 0 Å². The number of carbonyl (C=O) groups excluding carboxylic acids is 1. The third-order valence-electron chi connectivity index (χ3n) is 4.48. The van der Waals surface area contributed by atoms with Gasteiger partial charge in [0.15, 0.2) is 12.4 Å². The Hall–Kier alpha value is -1.59. The number of likely N-dealkylation sites (tertiary alicyclic amines) is 1. The fourth-order valence-corrected chi connectivity index (χ4v) is 3.15. The van der Waals surface area contributed by atoms with Gasteiger partial charge in [-0.15, -0.1) is 0 Å². The highest BCUT2D eigenvalue weighted by Crippen LogP contribution is 2.34. The molecule has 0 aliphatic carbocycles. The van der Waals surface area contributed by atoms with E-state index >= 15 is 0 Å². The van der Waals surface area contributed by atoms with E-state index in [4.69, 9.17) is 14.2 Å². The van der Waals surface area contributed by atoms with Gasteiger partial charge in [0.05, 0.1) is 13.2 Å². The number of para-hydroxylation sites is 1. The van der Waals surface area contributed by atoms with E-state index in [9.17, 15) is 4.79 Å². The summed E-state index contributed by atoms with van der Waals surface area (Å²) in [5.74, 6) is 0.428. The lowest BCUT2D eigenvalue weighted by molar-refractivity contribution is -0.193. The molecule has 0 spiro atoms. The summed E-state index contributed by atoms with van der Waals surface area (Å²) in [4.78, 5) is 14.2. The van der Waals surface area contributed by atoms with E-state index in [0.717, 1.165) is 25.1 Å². The minimum absolute atomic E-state index is 0.0233. The molecule has 2 aliphatic heterocycles. The molecule has 0 radical (unpaired) electrons. The topological polar surface area (TPSA) is 48.0 Å². The third-order valence-corrected chi connectivity index (χ3v) is 4.48. The molecule has 3 rings (SSSR count). The van der Waals surface area contributed by atoms with Crippen LogP contribution in [0.1, 0.15) is 19.8 Å². The molecule has 1 amide bonds. The Morgan fingerprint density at radius 1 is 1.32 bits per heavy atom. The smallest absolute Gasteiger partial charge is 0.260 e. The Kier molecular flexibility index (Phi) is 4.64. The highest BCUT2D eigenvalue weighted by Gasteiger charge is 2.42. The summed E-state index contributed by atoms with van der Waals surface area (Å²) in [6, 6.07) is 9.42. The van der Waals surface area contributed by atoms with E-state index in [0.29, 0.717) is 19.8 Å². The van der Waals surface area contributed by atoms with Crippen LogP contribution >= 0.6 is 0 Å². The molecule has 2 aliphatic rings. The summed E-state index contributed by atoms with van der Waals surface area (Å²) >= 11 is 0. The van der Waals surface area contributed by atoms with Crippen molar-refractivity contribution in [2.45, 2.75) is 25.6 Å². The van der Waals surface area contributed by atoms with Crippen LogP contribution in [0.3, 0.4) is 0 Å². The lowest BCUT2D eigenvalue weighted by Crippen LogP contribution is -2.49. The Labute approximate surface area is 131 Å². The summed E-state index contributed by atoms with van der Waals surface area (Å²) in [5.41, 5.74) is 0. The molecule has 0 bridgehead atoms. The Balaban J connectivity index is 1.54. The van der Waals surface area contributed by atoms with Crippen LogP contribution in [0.25, 0.3) is 0 Å². The first-order chi connectivity index (χ1) is 10.7. The quantitative estimate of drug-likeness (QED) is 0.854. The molecule has 2 heterocycles. The molecule has 22 heavy (non-hydrogen) atoms. The van der Waals surface area contributed by atoms with Crippen LogP contribution in [0.2, 0.25) is 0 Å². The van der Waals surface area contributed by atoms with Crippen LogP contribution in [-0.2, 0) is 14.3 Å². The Morgan fingerprint density at radius 3 is 2.77 bits per heavy atom. The van der Waals surface area contributed by atoms with E-state index in [1.807, 2.05) is 42.2 Å². The van der Waals surface area contributed by atoms with Crippen LogP contribution in [-0.4, -0.2) is 49.5 Å². The first-order valence-electron chi connectivity index (χ1n) is 7.91. The van der Waals surface area contributed by atoms with Gasteiger partial charge in [-0.3, -0.25) is 4.79 Å². The summed E-state index contributed by atoms with van der Waals surface area (Å²) in [7, 11) is 0. The highest BCUT2D eigenvalue weighted by atomic mass is 16.7. The molecule has 0 aromatic heterocycles. The van der Waals surface area contributed by atoms with E-state index < -0.39 is 5.79 Å². The van der Waals surface area contributed by atoms with Crippen molar-refractivity contribution in [2.75, 3.05) is 32.9 Å². The molecule has 1 aromatic carbocycles. The van der Waals surface area contributed by atoms with Gasteiger partial charge in [0.1, 0.15) is 5.75 Å². The van der Waals surface area contributed by atoms with E-state index in [1.54, 1.807) is 0 Å². The molecule has 5 heteroatoms. The van der Waals surface area contributed by atoms with Gasteiger partial charge in [-0.05, 0) is 31.9 Å². The summed E-state index contributed by atoms with van der Waals surface area (Å²) in [5, 5.41) is 0. The van der Waals surface area contributed by atoms with Gasteiger partial charge in [-0.1, -0.05) is 18.2 Å². The number of hydrogen-bond donors (Lipinski definition) is 0. The molecule has 0 unspecified atom stereocenters. The first-order valence-corrected chi connectivity index (χ1v) is 7.91. The number of carbonyl (C=O) groups is 1. The van der Waals surface area contributed by atoms with Crippen LogP contribution in [0.15, 0.2) is 30.3 Å². The van der Waals surface area contributed by atoms with Crippen molar-refractivity contribution >= 4 is 5.91 Å². The first kappa shape index (κ1) is 15.3. The lowest BCUT2D eigenvalue weighted by atomic mass is 9.90. The highest BCUT2D eigenvalue weighted by molar-refractivity contribution is 5.77. The minimum Gasteiger partial charge on any atom is -0.484 e. The van der Waals surface area contributed by atoms with E-state index in [-0.39, 0.29) is 18.4 Å². The maximum absolute atomic E-state index is 12.4. The second kappa shape index (κ2) is 6.67. The third kappa shape index (κ3) is 3.42. The van der Waals surface area contributed by atoms with Gasteiger partial charge in [0, 0.05) is 19.0 Å². The summed E-state index contributed by atoms with van der Waals surface area (Å²) in [6.45, 7) is 4.79. The molecule has 2 saturated heterocycles. The van der Waals surface area contributed by atoms with Crippen LogP contribution < -0.4 is 4.74 Å². The number of nitrogens with zero attached hydrogens (tertiary/aromatic N) is 1. The number of rotatable bonds is 4. The van der Waals surface area contributed by atoms with Gasteiger partial charge in [0.25, 0.3) is 5.91 Å². The van der Waals surface area contributed by atoms with Crippen molar-refractivity contribution < 1.29 is 19.0 Å². The lowest BCUT2D eigenvalue weighted by Gasteiger charge is -2.39. The maximum Gasteiger partial charge on any atom is 0.260 e. The zero-order chi connectivity index (χ0) is 15.4. The SMILES string of the molecule is CC1([C@@H]2CCCN(C(=O)COc3ccccc3)C2)OCCO1. The second-order valence-electron chi connectivity index (χ2n) is 5.99. The number of amides is 1. The average molecular weight is 305 g/mol. The van der Waals surface area contributed by atoms with Crippen molar-refractivity contribution in [1.82, 2.24) is 4.90 Å².